The molecule has 2 rings (SSSR count). The maximum absolute atomic E-state index is 11.7. The molecule has 0 atom stereocenters. The number of esters is 1. The van der Waals surface area contributed by atoms with Gasteiger partial charge in [0.2, 0.25) is 0 Å². The SMILES string of the molecule is CCOC(=O)Cc1cc(Br)ccc1C1(N[SH]=O)COC1. The smallest absolute Gasteiger partial charge is 0.310 e. The number of ether oxygens (including phenoxy) is 2. The number of hydrogen-bond donors (Lipinski definition) is 2. The fraction of sp³-hybridized carbons (Fsp3) is 0.462. The zero-order chi connectivity index (χ0) is 14.6. The maximum atomic E-state index is 11.7. The van der Waals surface area contributed by atoms with Gasteiger partial charge in [-0.3, -0.25) is 4.79 Å². The van der Waals surface area contributed by atoms with Gasteiger partial charge in [-0.25, -0.2) is 8.93 Å². The molecule has 0 amide bonds. The molecule has 5 nitrogen and oxygen atoms in total. The first-order chi connectivity index (χ1) is 9.61. The van der Waals surface area contributed by atoms with Crippen molar-refractivity contribution in [3.63, 3.8) is 0 Å². The van der Waals surface area contributed by atoms with Crippen molar-refractivity contribution in [2.75, 3.05) is 19.8 Å². The summed E-state index contributed by atoms with van der Waals surface area (Å²) < 4.78 is 24.9. The molecule has 1 aromatic rings. The molecule has 1 aliphatic rings. The minimum Gasteiger partial charge on any atom is -0.466 e. The number of nitrogens with one attached hydrogen (secondary N) is 1. The number of benzene rings is 1. The molecule has 1 aliphatic heterocycles. The molecule has 1 heterocycles. The van der Waals surface area contributed by atoms with E-state index in [-0.39, 0.29) is 24.2 Å². The maximum Gasteiger partial charge on any atom is 0.310 e. The van der Waals surface area contributed by atoms with Crippen molar-refractivity contribution >= 4 is 33.8 Å². The summed E-state index contributed by atoms with van der Waals surface area (Å²) in [5.74, 6) is -0.276. The minimum absolute atomic E-state index is 0.156. The van der Waals surface area contributed by atoms with E-state index in [1.807, 2.05) is 18.2 Å². The van der Waals surface area contributed by atoms with Crippen molar-refractivity contribution in [1.82, 2.24) is 4.72 Å². The van der Waals surface area contributed by atoms with Crippen molar-refractivity contribution in [3.05, 3.63) is 33.8 Å². The fourth-order valence-electron chi connectivity index (χ4n) is 2.22. The van der Waals surface area contributed by atoms with Crippen LogP contribution in [0, 0.1) is 0 Å². The lowest BCUT2D eigenvalue weighted by Crippen LogP contribution is -2.56. The van der Waals surface area contributed by atoms with Crippen LogP contribution in [0.2, 0.25) is 0 Å². The highest BCUT2D eigenvalue weighted by Gasteiger charge is 2.41. The Bertz CT molecular complexity index is 519. The van der Waals surface area contributed by atoms with Crippen LogP contribution in [0.5, 0.6) is 0 Å². The summed E-state index contributed by atoms with van der Waals surface area (Å²) >= 11 is 3.25. The van der Waals surface area contributed by atoms with Crippen molar-refractivity contribution in [1.29, 1.82) is 0 Å². The number of carbonyl (C=O) groups excluding carboxylic acids is 1. The highest BCUT2D eigenvalue weighted by molar-refractivity contribution is 9.10. The number of thiol groups is 1. The Balaban J connectivity index is 2.32. The molecule has 1 fully saturated rings. The van der Waals surface area contributed by atoms with Gasteiger partial charge in [-0.2, -0.15) is 0 Å². The van der Waals surface area contributed by atoms with Crippen molar-refractivity contribution in [2.45, 2.75) is 18.9 Å². The third kappa shape index (κ3) is 3.28. The Hall–Kier alpha value is -0.760. The van der Waals surface area contributed by atoms with Crippen LogP contribution in [-0.2, 0) is 38.1 Å². The highest BCUT2D eigenvalue weighted by Crippen LogP contribution is 2.33. The second kappa shape index (κ2) is 6.80. The van der Waals surface area contributed by atoms with Gasteiger partial charge in [-0.1, -0.05) is 22.0 Å². The summed E-state index contributed by atoms with van der Waals surface area (Å²) in [6, 6.07) is 5.70. The summed E-state index contributed by atoms with van der Waals surface area (Å²) in [6.45, 7) is 2.99. The third-order valence-corrected chi connectivity index (χ3v) is 4.19. The van der Waals surface area contributed by atoms with Gasteiger partial charge in [0.05, 0.1) is 38.1 Å². The van der Waals surface area contributed by atoms with Gasteiger partial charge in [0, 0.05) is 4.47 Å². The van der Waals surface area contributed by atoms with Gasteiger partial charge in [0.25, 0.3) is 0 Å². The van der Waals surface area contributed by atoms with Gasteiger partial charge >= 0.3 is 5.97 Å². The van der Waals surface area contributed by atoms with E-state index in [4.69, 9.17) is 9.47 Å². The Labute approximate surface area is 129 Å². The third-order valence-electron chi connectivity index (χ3n) is 3.18. The Morgan fingerprint density at radius 1 is 1.55 bits per heavy atom. The van der Waals surface area contributed by atoms with Crippen LogP contribution in [0.15, 0.2) is 22.7 Å². The topological polar surface area (TPSA) is 64.6 Å². The van der Waals surface area contributed by atoms with Crippen molar-refractivity contribution in [2.24, 2.45) is 0 Å². The van der Waals surface area contributed by atoms with Crippen LogP contribution >= 0.6 is 15.9 Å². The van der Waals surface area contributed by atoms with E-state index in [2.05, 4.69) is 20.7 Å². The van der Waals surface area contributed by atoms with Gasteiger partial charge < -0.3 is 9.47 Å². The summed E-state index contributed by atoms with van der Waals surface area (Å²) in [7, 11) is 0. The molecule has 0 aromatic heterocycles. The summed E-state index contributed by atoms with van der Waals surface area (Å²) in [4.78, 5) is 11.7. The van der Waals surface area contributed by atoms with E-state index in [1.165, 1.54) is 0 Å². The first-order valence-corrected chi connectivity index (χ1v) is 7.83. The van der Waals surface area contributed by atoms with E-state index in [0.29, 0.717) is 19.8 Å². The number of hydrogen-bond acceptors (Lipinski definition) is 4. The normalized spacial score (nSPS) is 16.5. The Morgan fingerprint density at radius 3 is 2.85 bits per heavy atom. The van der Waals surface area contributed by atoms with Crippen LogP contribution in [0.25, 0.3) is 0 Å². The molecule has 110 valence electrons. The van der Waals surface area contributed by atoms with Crippen LogP contribution in [-0.4, -0.2) is 30.0 Å². The molecule has 0 bridgehead atoms. The van der Waals surface area contributed by atoms with Gasteiger partial charge in [-0.05, 0) is 30.2 Å². The predicted molar refractivity (Wildman–Crippen MR) is 79.6 cm³/mol. The quantitative estimate of drug-likeness (QED) is 0.590. The predicted octanol–water partition coefficient (Wildman–Crippen LogP) is 1.23. The molecular formula is C13H16BrNO4S. The second-order valence-corrected chi connectivity index (χ2v) is 5.88. The zero-order valence-corrected chi connectivity index (χ0v) is 13.5. The van der Waals surface area contributed by atoms with Gasteiger partial charge in [0.1, 0.15) is 5.54 Å². The molecule has 0 unspecified atom stereocenters. The lowest BCUT2D eigenvalue weighted by molar-refractivity contribution is -0.142. The molecule has 7 heteroatoms. The molecule has 1 N–H and O–H groups in total. The van der Waals surface area contributed by atoms with E-state index < -0.39 is 5.54 Å². The molecular weight excluding hydrogens is 346 g/mol. The molecule has 0 saturated carbocycles. The van der Waals surface area contributed by atoms with Crippen molar-refractivity contribution in [3.8, 4) is 0 Å². The van der Waals surface area contributed by atoms with Gasteiger partial charge in [-0.15, -0.1) is 0 Å². The monoisotopic (exact) mass is 361 g/mol. The lowest BCUT2D eigenvalue weighted by Gasteiger charge is -2.42. The zero-order valence-electron chi connectivity index (χ0n) is 11.0. The summed E-state index contributed by atoms with van der Waals surface area (Å²) in [5, 5.41) is 0. The van der Waals surface area contributed by atoms with E-state index in [1.54, 1.807) is 6.92 Å². The van der Waals surface area contributed by atoms with Gasteiger partial charge in [0.15, 0.2) is 0 Å². The molecule has 1 saturated heterocycles. The fourth-order valence-corrected chi connectivity index (χ4v) is 3.05. The minimum atomic E-state index is -0.494. The number of carbonyl (C=O) groups is 1. The van der Waals surface area contributed by atoms with Crippen LogP contribution < -0.4 is 4.72 Å². The Kier molecular flexibility index (Phi) is 5.31. The number of rotatable bonds is 6. The molecule has 1 aromatic carbocycles. The first-order valence-electron chi connectivity index (χ1n) is 6.23. The summed E-state index contributed by atoms with van der Waals surface area (Å²) in [6.07, 6.45) is 0.182. The molecule has 20 heavy (non-hydrogen) atoms. The van der Waals surface area contributed by atoms with Crippen LogP contribution in [0.3, 0.4) is 0 Å². The number of halogens is 1. The van der Waals surface area contributed by atoms with Crippen LogP contribution in [0.1, 0.15) is 18.1 Å². The van der Waals surface area contributed by atoms with E-state index in [0.717, 1.165) is 15.6 Å². The van der Waals surface area contributed by atoms with E-state index >= 15 is 0 Å². The second-order valence-electron chi connectivity index (χ2n) is 4.56. The molecule has 0 spiro atoms. The van der Waals surface area contributed by atoms with Crippen molar-refractivity contribution < 1.29 is 18.5 Å². The first kappa shape index (κ1) is 15.6. The Morgan fingerprint density at radius 2 is 2.30 bits per heavy atom. The molecule has 0 radical (unpaired) electrons. The highest BCUT2D eigenvalue weighted by atomic mass is 79.9. The molecule has 0 aliphatic carbocycles. The lowest BCUT2D eigenvalue weighted by atomic mass is 9.85. The average Bonchev–Trinajstić information content (AvgIpc) is 2.35. The largest absolute Gasteiger partial charge is 0.466 e. The summed E-state index contributed by atoms with van der Waals surface area (Å²) in [5.41, 5.74) is 1.27. The average molecular weight is 362 g/mol. The van der Waals surface area contributed by atoms with E-state index in [9.17, 15) is 9.00 Å². The van der Waals surface area contributed by atoms with Crippen LogP contribution in [0.4, 0.5) is 0 Å². The standard InChI is InChI=1S/C13H16BrNO4S/c1-2-19-12(16)6-9-5-10(14)3-4-11(9)13(15-20-17)7-18-8-13/h3-5,20H,2,6-8H2,1H3,(H,15,17).